The molecule has 2 nitrogen and oxygen atoms in total. The molecule has 5 heteroatoms. The standard InChI is InChI=1S/C13H16F3NO/c1-18-11-6-9(12(17)8-3-2-4-8)5-10(7-11)13(14,15)16/h5-8,12H,2-4,17H2,1H3/t12-/m1/s1. The van der Waals surface area contributed by atoms with Crippen LogP contribution in [0.15, 0.2) is 18.2 Å². The fraction of sp³-hybridized carbons (Fsp3) is 0.538. The van der Waals surface area contributed by atoms with E-state index >= 15 is 0 Å². The van der Waals surface area contributed by atoms with Crippen molar-refractivity contribution in [2.45, 2.75) is 31.5 Å². The maximum absolute atomic E-state index is 12.7. The summed E-state index contributed by atoms with van der Waals surface area (Å²) in [5.41, 5.74) is 5.82. The van der Waals surface area contributed by atoms with Crippen LogP contribution in [-0.2, 0) is 6.18 Å². The molecule has 1 aromatic rings. The van der Waals surface area contributed by atoms with Crippen LogP contribution in [0.1, 0.15) is 36.4 Å². The summed E-state index contributed by atoms with van der Waals surface area (Å²) < 4.78 is 43.2. The molecule has 0 radical (unpaired) electrons. The van der Waals surface area contributed by atoms with Gasteiger partial charge in [0.15, 0.2) is 0 Å². The molecular formula is C13H16F3NO. The van der Waals surface area contributed by atoms with Crippen LogP contribution in [0.2, 0.25) is 0 Å². The highest BCUT2D eigenvalue weighted by atomic mass is 19.4. The molecule has 18 heavy (non-hydrogen) atoms. The normalized spacial score (nSPS) is 18.3. The average Bonchev–Trinajstić information content (AvgIpc) is 2.24. The van der Waals surface area contributed by atoms with Crippen molar-refractivity contribution in [3.8, 4) is 5.75 Å². The van der Waals surface area contributed by atoms with Crippen LogP contribution in [0, 0.1) is 5.92 Å². The molecule has 1 aliphatic carbocycles. The summed E-state index contributed by atoms with van der Waals surface area (Å²) in [4.78, 5) is 0. The number of halogens is 3. The van der Waals surface area contributed by atoms with Crippen molar-refractivity contribution in [3.63, 3.8) is 0 Å². The van der Waals surface area contributed by atoms with E-state index in [1.54, 1.807) is 6.07 Å². The number of hydrogen-bond acceptors (Lipinski definition) is 2. The predicted molar refractivity (Wildman–Crippen MR) is 62.3 cm³/mol. The predicted octanol–water partition coefficient (Wildman–Crippen LogP) is 3.51. The van der Waals surface area contributed by atoms with Gasteiger partial charge in [0.1, 0.15) is 5.75 Å². The quantitative estimate of drug-likeness (QED) is 0.901. The summed E-state index contributed by atoms with van der Waals surface area (Å²) in [7, 11) is 1.36. The second-order valence-electron chi connectivity index (χ2n) is 4.71. The monoisotopic (exact) mass is 259 g/mol. The minimum absolute atomic E-state index is 0.203. The van der Waals surface area contributed by atoms with Gasteiger partial charge in [-0.1, -0.05) is 6.42 Å². The zero-order chi connectivity index (χ0) is 13.3. The Morgan fingerprint density at radius 3 is 2.39 bits per heavy atom. The van der Waals surface area contributed by atoms with E-state index in [0.717, 1.165) is 31.4 Å². The zero-order valence-electron chi connectivity index (χ0n) is 10.1. The minimum Gasteiger partial charge on any atom is -0.497 e. The molecule has 1 atom stereocenters. The first kappa shape index (κ1) is 13.2. The van der Waals surface area contributed by atoms with Crippen molar-refractivity contribution in [1.82, 2.24) is 0 Å². The molecule has 2 rings (SSSR count). The second-order valence-corrected chi connectivity index (χ2v) is 4.71. The van der Waals surface area contributed by atoms with E-state index < -0.39 is 11.7 Å². The maximum Gasteiger partial charge on any atom is 0.416 e. The van der Waals surface area contributed by atoms with Crippen LogP contribution in [0.5, 0.6) is 5.75 Å². The number of methoxy groups -OCH3 is 1. The van der Waals surface area contributed by atoms with Crippen LogP contribution in [0.25, 0.3) is 0 Å². The summed E-state index contributed by atoms with van der Waals surface area (Å²) in [6, 6.07) is 3.38. The number of alkyl halides is 3. The van der Waals surface area contributed by atoms with Crippen molar-refractivity contribution in [2.24, 2.45) is 11.7 Å². The van der Waals surface area contributed by atoms with Gasteiger partial charge >= 0.3 is 6.18 Å². The van der Waals surface area contributed by atoms with Gasteiger partial charge in [0.25, 0.3) is 0 Å². The molecule has 0 unspecified atom stereocenters. The lowest BCUT2D eigenvalue weighted by Gasteiger charge is -2.31. The van der Waals surface area contributed by atoms with E-state index in [0.29, 0.717) is 5.56 Å². The summed E-state index contributed by atoms with van der Waals surface area (Å²) in [5, 5.41) is 0. The third-order valence-corrected chi connectivity index (χ3v) is 3.53. The van der Waals surface area contributed by atoms with Crippen molar-refractivity contribution in [3.05, 3.63) is 29.3 Å². The van der Waals surface area contributed by atoms with Gasteiger partial charge in [0, 0.05) is 6.04 Å². The first-order valence-corrected chi connectivity index (χ1v) is 5.93. The van der Waals surface area contributed by atoms with E-state index in [9.17, 15) is 13.2 Å². The van der Waals surface area contributed by atoms with Crippen LogP contribution in [-0.4, -0.2) is 7.11 Å². The lowest BCUT2D eigenvalue weighted by molar-refractivity contribution is -0.137. The van der Waals surface area contributed by atoms with E-state index in [2.05, 4.69) is 0 Å². The van der Waals surface area contributed by atoms with Gasteiger partial charge in [0.05, 0.1) is 12.7 Å². The Hall–Kier alpha value is -1.23. The van der Waals surface area contributed by atoms with Gasteiger partial charge in [-0.15, -0.1) is 0 Å². The number of ether oxygens (including phenoxy) is 1. The van der Waals surface area contributed by atoms with Crippen molar-refractivity contribution in [2.75, 3.05) is 7.11 Å². The van der Waals surface area contributed by atoms with E-state index in [-0.39, 0.29) is 17.7 Å². The smallest absolute Gasteiger partial charge is 0.416 e. The Morgan fingerprint density at radius 1 is 1.28 bits per heavy atom. The number of nitrogens with two attached hydrogens (primary N) is 1. The Bertz CT molecular complexity index is 427. The third kappa shape index (κ3) is 2.61. The molecule has 1 saturated carbocycles. The Labute approximate surface area is 104 Å². The van der Waals surface area contributed by atoms with Crippen LogP contribution >= 0.6 is 0 Å². The minimum atomic E-state index is -4.37. The van der Waals surface area contributed by atoms with Gasteiger partial charge in [-0.3, -0.25) is 0 Å². The Kier molecular flexibility index (Phi) is 3.52. The zero-order valence-corrected chi connectivity index (χ0v) is 10.1. The molecular weight excluding hydrogens is 243 g/mol. The second kappa shape index (κ2) is 4.80. The molecule has 0 spiro atoms. The van der Waals surface area contributed by atoms with Gasteiger partial charge in [-0.2, -0.15) is 13.2 Å². The molecule has 1 fully saturated rings. The summed E-state index contributed by atoms with van der Waals surface area (Å²) in [5.74, 6) is 0.493. The molecule has 1 aromatic carbocycles. The molecule has 0 amide bonds. The third-order valence-electron chi connectivity index (χ3n) is 3.53. The number of hydrogen-bond donors (Lipinski definition) is 1. The fourth-order valence-electron chi connectivity index (χ4n) is 2.17. The first-order chi connectivity index (χ1) is 8.41. The van der Waals surface area contributed by atoms with Crippen molar-refractivity contribution < 1.29 is 17.9 Å². The highest BCUT2D eigenvalue weighted by molar-refractivity contribution is 5.37. The van der Waals surface area contributed by atoms with Crippen LogP contribution < -0.4 is 10.5 Å². The van der Waals surface area contributed by atoms with Crippen molar-refractivity contribution in [1.29, 1.82) is 0 Å². The van der Waals surface area contributed by atoms with Crippen molar-refractivity contribution >= 4 is 0 Å². The molecule has 0 bridgehead atoms. The van der Waals surface area contributed by atoms with Crippen LogP contribution in [0.3, 0.4) is 0 Å². The SMILES string of the molecule is COc1cc([C@H](N)C2CCC2)cc(C(F)(F)F)c1. The summed E-state index contributed by atoms with van der Waals surface area (Å²) in [6.07, 6.45) is -1.30. The molecule has 2 N–H and O–H groups in total. The van der Waals surface area contributed by atoms with Gasteiger partial charge < -0.3 is 10.5 Å². The molecule has 0 heterocycles. The first-order valence-electron chi connectivity index (χ1n) is 5.93. The van der Waals surface area contributed by atoms with Gasteiger partial charge in [-0.05, 0) is 42.5 Å². The number of rotatable bonds is 3. The summed E-state index contributed by atoms with van der Waals surface area (Å²) >= 11 is 0. The molecule has 1 aliphatic rings. The largest absolute Gasteiger partial charge is 0.497 e. The highest BCUT2D eigenvalue weighted by Gasteiger charge is 2.33. The highest BCUT2D eigenvalue weighted by Crippen LogP contribution is 2.39. The van der Waals surface area contributed by atoms with E-state index in [4.69, 9.17) is 10.5 Å². The van der Waals surface area contributed by atoms with Gasteiger partial charge in [-0.25, -0.2) is 0 Å². The topological polar surface area (TPSA) is 35.2 Å². The Morgan fingerprint density at radius 2 is 1.94 bits per heavy atom. The fourth-order valence-corrected chi connectivity index (χ4v) is 2.17. The lowest BCUT2D eigenvalue weighted by atomic mass is 9.77. The lowest BCUT2D eigenvalue weighted by Crippen LogP contribution is -2.27. The summed E-state index contributed by atoms with van der Waals surface area (Å²) in [6.45, 7) is 0. The molecule has 100 valence electrons. The van der Waals surface area contributed by atoms with Crippen LogP contribution in [0.4, 0.5) is 13.2 Å². The molecule has 0 aromatic heterocycles. The van der Waals surface area contributed by atoms with E-state index in [1.807, 2.05) is 0 Å². The average molecular weight is 259 g/mol. The molecule has 0 saturated heterocycles. The molecule has 0 aliphatic heterocycles. The Balaban J connectivity index is 2.34. The number of benzene rings is 1. The van der Waals surface area contributed by atoms with Gasteiger partial charge in [0.2, 0.25) is 0 Å². The maximum atomic E-state index is 12.7. The van der Waals surface area contributed by atoms with E-state index in [1.165, 1.54) is 7.11 Å².